The Labute approximate surface area is 327 Å². The van der Waals surface area contributed by atoms with E-state index in [4.69, 9.17) is 9.47 Å². The van der Waals surface area contributed by atoms with Gasteiger partial charge < -0.3 is 25.0 Å². The van der Waals surface area contributed by atoms with Crippen LogP contribution in [-0.4, -0.2) is 93.9 Å². The largest absolute Gasteiger partial charge is 0.472 e. The maximum atomic E-state index is 14.6. The van der Waals surface area contributed by atoms with Gasteiger partial charge in [-0.05, 0) is 77.2 Å². The Bertz CT molecular complexity index is 1970. The van der Waals surface area contributed by atoms with Crippen LogP contribution in [0.15, 0.2) is 42.1 Å². The molecule has 3 N–H and O–H groups in total. The summed E-state index contributed by atoms with van der Waals surface area (Å²) in [5, 5.41) is 7.67. The first-order chi connectivity index (χ1) is 26.1. The standard InChI is InChI=1S/C37H47F3N6O8S2/c1-21-8-6-7-9-24-19-36(24,32(49)45-56(51,52)35(5)11-12-35)44-29(47)26-18-25(53-27-17-23(10-13-41-27)30-42-14-15-55-30)20-46(26)31(48)28(22(2)16-21)43-33(50)54-34(3,4)37(38,39)40/h7,9-10,13-15,17,21-22,24-26,28H,6,8,11-12,16,18-20H2,1-5H3,(H,43,50)(H,44,47)(H,45,49)/b9-7-/t21-,22-,24?,25-,26+,28+,36-/m1/s1. The van der Waals surface area contributed by atoms with E-state index in [1.807, 2.05) is 18.4 Å². The van der Waals surface area contributed by atoms with Crippen LogP contribution in [0.3, 0.4) is 0 Å². The molecule has 0 bridgehead atoms. The lowest BCUT2D eigenvalue weighted by molar-refractivity contribution is -0.244. The van der Waals surface area contributed by atoms with Crippen LogP contribution in [-0.2, 0) is 29.1 Å². The molecule has 2 saturated carbocycles. The van der Waals surface area contributed by atoms with Crippen molar-refractivity contribution in [1.82, 2.24) is 30.2 Å². The predicted octanol–water partition coefficient (Wildman–Crippen LogP) is 4.87. The summed E-state index contributed by atoms with van der Waals surface area (Å²) < 4.78 is 79.5. The zero-order chi connectivity index (χ0) is 40.8. The van der Waals surface area contributed by atoms with Gasteiger partial charge in [0.05, 0.1) is 11.3 Å². The monoisotopic (exact) mass is 824 g/mol. The Hall–Kier alpha value is -4.26. The summed E-state index contributed by atoms with van der Waals surface area (Å²) in [6, 6.07) is 0.673. The van der Waals surface area contributed by atoms with Gasteiger partial charge in [-0.2, -0.15) is 13.2 Å². The molecular weight excluding hydrogens is 778 g/mol. The van der Waals surface area contributed by atoms with Crippen LogP contribution in [0.25, 0.3) is 10.6 Å². The normalized spacial score (nSPS) is 30.0. The lowest BCUT2D eigenvalue weighted by Crippen LogP contribution is -2.59. The predicted molar refractivity (Wildman–Crippen MR) is 198 cm³/mol. The van der Waals surface area contributed by atoms with Crippen LogP contribution >= 0.6 is 11.3 Å². The minimum absolute atomic E-state index is 0.0300. The van der Waals surface area contributed by atoms with E-state index in [-0.39, 0.29) is 31.2 Å². The number of thiazole rings is 1. The van der Waals surface area contributed by atoms with Crippen molar-refractivity contribution in [3.63, 3.8) is 0 Å². The number of fused-ring (bicyclic) bond motifs is 2. The number of sulfonamides is 1. The van der Waals surface area contributed by atoms with Gasteiger partial charge in [0, 0.05) is 41.7 Å². The Kier molecular flexibility index (Phi) is 11.3. The third kappa shape index (κ3) is 8.67. The number of alkyl carbamates (subject to hydrolysis) is 1. The molecule has 14 nitrogen and oxygen atoms in total. The van der Waals surface area contributed by atoms with Gasteiger partial charge in [-0.1, -0.05) is 26.0 Å². The van der Waals surface area contributed by atoms with Crippen molar-refractivity contribution in [1.29, 1.82) is 0 Å². The van der Waals surface area contributed by atoms with Crippen LogP contribution in [0.5, 0.6) is 5.88 Å². The number of aromatic nitrogens is 2. The molecule has 0 radical (unpaired) electrons. The number of carbonyl (C=O) groups excluding carboxylic acids is 4. The van der Waals surface area contributed by atoms with E-state index < -0.39 is 85.9 Å². The quantitative estimate of drug-likeness (QED) is 0.310. The molecule has 306 valence electrons. The maximum Gasteiger partial charge on any atom is 0.427 e. The molecule has 19 heteroatoms. The molecule has 4 amide bonds. The molecule has 7 atom stereocenters. The van der Waals surface area contributed by atoms with Crippen molar-refractivity contribution in [2.75, 3.05) is 6.54 Å². The van der Waals surface area contributed by atoms with Crippen molar-refractivity contribution in [2.24, 2.45) is 17.8 Å². The van der Waals surface area contributed by atoms with Gasteiger partial charge in [-0.25, -0.2) is 23.2 Å². The number of hydrogen-bond acceptors (Lipinski definition) is 11. The molecule has 0 spiro atoms. The zero-order valence-corrected chi connectivity index (χ0v) is 33.4. The summed E-state index contributed by atoms with van der Waals surface area (Å²) in [7, 11) is -4.07. The first kappa shape index (κ1) is 41.4. The zero-order valence-electron chi connectivity index (χ0n) is 31.7. The average molecular weight is 825 g/mol. The third-order valence-electron chi connectivity index (χ3n) is 11.3. The molecule has 2 aromatic rings. The number of pyridine rings is 1. The molecule has 6 rings (SSSR count). The van der Waals surface area contributed by atoms with E-state index in [9.17, 15) is 40.8 Å². The Balaban J connectivity index is 1.33. The first-order valence-corrected chi connectivity index (χ1v) is 21.0. The molecule has 4 aliphatic rings. The van der Waals surface area contributed by atoms with Gasteiger partial charge >= 0.3 is 12.3 Å². The SMILES string of the molecule is C[C@@H]1CC/C=C\C2C[C@@]2(C(=O)NS(=O)(=O)C2(C)CC2)NC(=O)[C@@H]2C[C@@H](Oc3cc(-c4nccs4)ccn3)CN2C(=O)[C@@H](NC(=O)OC(C)(C)C(F)(F)F)[C@H](C)C1. The molecule has 1 unspecified atom stereocenters. The molecule has 2 aromatic heterocycles. The number of halogens is 3. The number of nitrogens with zero attached hydrogens (tertiary/aromatic N) is 3. The maximum absolute atomic E-state index is 14.6. The third-order valence-corrected chi connectivity index (χ3v) is 14.2. The average Bonchev–Trinajstić information content (AvgIpc) is 3.86. The second kappa shape index (κ2) is 15.2. The van der Waals surface area contributed by atoms with E-state index in [1.54, 1.807) is 31.3 Å². The topological polar surface area (TPSA) is 186 Å². The van der Waals surface area contributed by atoms with Gasteiger partial charge in [-0.3, -0.25) is 19.1 Å². The second-order valence-electron chi connectivity index (χ2n) is 16.2. The highest BCUT2D eigenvalue weighted by molar-refractivity contribution is 7.91. The summed E-state index contributed by atoms with van der Waals surface area (Å²) in [6.07, 6.45) is 1.92. The van der Waals surface area contributed by atoms with Crippen LogP contribution < -0.4 is 20.1 Å². The summed E-state index contributed by atoms with van der Waals surface area (Å²) in [5.41, 5.74) is -3.79. The molecule has 4 heterocycles. The number of hydrogen-bond donors (Lipinski definition) is 3. The minimum Gasteiger partial charge on any atom is -0.472 e. The lowest BCUT2D eigenvalue weighted by atomic mass is 9.88. The van der Waals surface area contributed by atoms with Gasteiger partial charge in [0.1, 0.15) is 28.7 Å². The van der Waals surface area contributed by atoms with Gasteiger partial charge in [0.25, 0.3) is 5.91 Å². The van der Waals surface area contributed by atoms with E-state index in [1.165, 1.54) is 29.4 Å². The van der Waals surface area contributed by atoms with Crippen molar-refractivity contribution < 1.29 is 50.2 Å². The second-order valence-corrected chi connectivity index (χ2v) is 19.3. The molecular formula is C37H47F3N6O8S2. The smallest absolute Gasteiger partial charge is 0.427 e. The van der Waals surface area contributed by atoms with Crippen molar-refractivity contribution in [3.05, 3.63) is 42.1 Å². The number of rotatable bonds is 8. The van der Waals surface area contributed by atoms with Crippen molar-refractivity contribution in [2.45, 2.75) is 120 Å². The van der Waals surface area contributed by atoms with E-state index >= 15 is 0 Å². The summed E-state index contributed by atoms with van der Waals surface area (Å²) >= 11 is 1.40. The number of alkyl halides is 3. The highest BCUT2D eigenvalue weighted by Gasteiger charge is 2.63. The molecule has 0 aromatic carbocycles. The van der Waals surface area contributed by atoms with Gasteiger partial charge in [0.2, 0.25) is 33.3 Å². The van der Waals surface area contributed by atoms with Crippen molar-refractivity contribution in [3.8, 4) is 16.5 Å². The summed E-state index contributed by atoms with van der Waals surface area (Å²) in [6.45, 7) is 6.35. The Morgan fingerprint density at radius 1 is 1.11 bits per heavy atom. The molecule has 3 fully saturated rings. The Morgan fingerprint density at radius 2 is 1.84 bits per heavy atom. The van der Waals surface area contributed by atoms with E-state index in [0.29, 0.717) is 51.0 Å². The highest BCUT2D eigenvalue weighted by Crippen LogP contribution is 2.47. The van der Waals surface area contributed by atoms with E-state index in [2.05, 4.69) is 25.3 Å². The van der Waals surface area contributed by atoms with Crippen LogP contribution in [0.2, 0.25) is 0 Å². The molecule has 2 aliphatic carbocycles. The highest BCUT2D eigenvalue weighted by atomic mass is 32.2. The first-order valence-electron chi connectivity index (χ1n) is 18.6. The number of carbonyl (C=O) groups is 4. The van der Waals surface area contributed by atoms with E-state index in [0.717, 1.165) is 5.56 Å². The summed E-state index contributed by atoms with van der Waals surface area (Å²) in [5.74, 6) is -3.46. The lowest BCUT2D eigenvalue weighted by Gasteiger charge is -2.34. The Morgan fingerprint density at radius 3 is 2.50 bits per heavy atom. The molecule has 1 saturated heterocycles. The van der Waals surface area contributed by atoms with Gasteiger partial charge in [-0.15, -0.1) is 11.3 Å². The molecule has 56 heavy (non-hydrogen) atoms. The fourth-order valence-electron chi connectivity index (χ4n) is 7.19. The molecule has 2 aliphatic heterocycles. The van der Waals surface area contributed by atoms with Crippen LogP contribution in [0.1, 0.15) is 79.6 Å². The minimum atomic E-state index is -4.91. The van der Waals surface area contributed by atoms with Gasteiger partial charge in [0.15, 0.2) is 0 Å². The fourth-order valence-corrected chi connectivity index (χ4v) is 9.13. The van der Waals surface area contributed by atoms with Crippen LogP contribution in [0.4, 0.5) is 18.0 Å². The number of allylic oxidation sites excluding steroid dienone is 1. The number of nitrogens with one attached hydrogen (secondary N) is 3. The fraction of sp³-hybridized carbons (Fsp3) is 0.622. The van der Waals surface area contributed by atoms with Crippen molar-refractivity contribution >= 4 is 45.2 Å². The summed E-state index contributed by atoms with van der Waals surface area (Å²) in [4.78, 5) is 65.8. The van der Waals surface area contributed by atoms with Crippen LogP contribution in [0, 0.1) is 17.8 Å². The number of amides is 4. The number of ether oxygens (including phenoxy) is 2.